The van der Waals surface area contributed by atoms with Crippen molar-refractivity contribution in [3.05, 3.63) is 47.5 Å². The topological polar surface area (TPSA) is 72.0 Å². The number of rotatable bonds is 9. The number of anilines is 2. The molecule has 0 saturated carbocycles. The molecule has 1 atom stereocenters. The Hall–Kier alpha value is -2.72. The van der Waals surface area contributed by atoms with Gasteiger partial charge in [-0.15, -0.1) is 0 Å². The van der Waals surface area contributed by atoms with Crippen molar-refractivity contribution < 1.29 is 18.6 Å². The summed E-state index contributed by atoms with van der Waals surface area (Å²) in [5, 5.41) is 3.98. The molecule has 1 unspecified atom stereocenters. The van der Waals surface area contributed by atoms with Crippen LogP contribution in [-0.2, 0) is 4.74 Å². The summed E-state index contributed by atoms with van der Waals surface area (Å²) in [4.78, 5) is 13.7. The second-order valence-corrected chi connectivity index (χ2v) is 9.65. The molecular weight excluding hydrogens is 485 g/mol. The molecule has 3 aromatic rings. The summed E-state index contributed by atoms with van der Waals surface area (Å²) < 4.78 is 31.6. The number of hydrogen-bond donors (Lipinski definition) is 1. The van der Waals surface area contributed by atoms with Crippen molar-refractivity contribution in [3.63, 3.8) is 0 Å². The summed E-state index contributed by atoms with van der Waals surface area (Å²) in [5.41, 5.74) is 1.30. The molecule has 0 radical (unpaired) electrons. The van der Waals surface area contributed by atoms with Gasteiger partial charge < -0.3 is 29.3 Å². The van der Waals surface area contributed by atoms with E-state index in [2.05, 4.69) is 32.1 Å². The predicted molar refractivity (Wildman–Crippen MR) is 138 cm³/mol. The van der Waals surface area contributed by atoms with Crippen LogP contribution in [-0.4, -0.2) is 85.5 Å². The Labute approximate surface area is 215 Å². The van der Waals surface area contributed by atoms with Gasteiger partial charge in [0.25, 0.3) is 0 Å². The molecular formula is C26H31ClFN5O3. The number of hydrogen-bond acceptors (Lipinski definition) is 8. The molecule has 0 amide bonds. The van der Waals surface area contributed by atoms with E-state index < -0.39 is 5.82 Å². The van der Waals surface area contributed by atoms with Crippen LogP contribution in [0.2, 0.25) is 5.02 Å². The summed E-state index contributed by atoms with van der Waals surface area (Å²) in [5.74, 6) is 1.38. The molecule has 2 aromatic carbocycles. The van der Waals surface area contributed by atoms with E-state index in [0.717, 1.165) is 51.0 Å². The van der Waals surface area contributed by atoms with Gasteiger partial charge in [-0.25, -0.2) is 14.4 Å². The highest BCUT2D eigenvalue weighted by molar-refractivity contribution is 6.31. The van der Waals surface area contributed by atoms with Gasteiger partial charge >= 0.3 is 0 Å². The minimum absolute atomic E-state index is 0.0326. The zero-order valence-electron chi connectivity index (χ0n) is 20.4. The molecule has 2 saturated heterocycles. The van der Waals surface area contributed by atoms with E-state index in [4.69, 9.17) is 25.8 Å². The summed E-state index contributed by atoms with van der Waals surface area (Å²) >= 11 is 5.97. The summed E-state index contributed by atoms with van der Waals surface area (Å²) in [6.45, 7) is 7.23. The lowest BCUT2D eigenvalue weighted by Crippen LogP contribution is -2.44. The van der Waals surface area contributed by atoms with E-state index in [1.54, 1.807) is 6.07 Å². The molecule has 192 valence electrons. The number of piperazine rings is 1. The number of aromatic nitrogens is 2. The fourth-order valence-corrected chi connectivity index (χ4v) is 4.63. The third-order valence-electron chi connectivity index (χ3n) is 6.52. The lowest BCUT2D eigenvalue weighted by Gasteiger charge is -2.32. The van der Waals surface area contributed by atoms with Crippen LogP contribution in [0.15, 0.2) is 36.7 Å². The maximum atomic E-state index is 13.6. The SMILES string of the molecule is CN1CCN(CCCOc2cc(OC3CCOC3)c3c(Nc4ccc(F)c(Cl)c4)ncnc3c2)CC1. The normalized spacial score (nSPS) is 19.0. The Kier molecular flexibility index (Phi) is 8.01. The Morgan fingerprint density at radius 3 is 2.81 bits per heavy atom. The number of benzene rings is 2. The number of halogens is 2. The van der Waals surface area contributed by atoms with Gasteiger partial charge in [-0.05, 0) is 31.7 Å². The van der Waals surface area contributed by atoms with Crippen LogP contribution in [0.5, 0.6) is 11.5 Å². The Morgan fingerprint density at radius 1 is 1.17 bits per heavy atom. The number of likely N-dealkylation sites (N-methyl/N-ethyl adjacent to an activating group) is 1. The summed E-state index contributed by atoms with van der Waals surface area (Å²) in [6, 6.07) is 8.23. The van der Waals surface area contributed by atoms with Crippen LogP contribution in [0.3, 0.4) is 0 Å². The first kappa shape index (κ1) is 25.0. The molecule has 2 aliphatic heterocycles. The van der Waals surface area contributed by atoms with Crippen LogP contribution in [0.25, 0.3) is 10.9 Å². The first-order valence-electron chi connectivity index (χ1n) is 12.3. The number of nitrogens with zero attached hydrogens (tertiary/aromatic N) is 4. The van der Waals surface area contributed by atoms with E-state index in [0.29, 0.717) is 48.3 Å². The minimum Gasteiger partial charge on any atom is -0.493 e. The number of nitrogens with one attached hydrogen (secondary N) is 1. The zero-order chi connectivity index (χ0) is 24.9. The van der Waals surface area contributed by atoms with Gasteiger partial charge in [0.15, 0.2) is 0 Å². The molecule has 0 bridgehead atoms. The van der Waals surface area contributed by atoms with E-state index in [9.17, 15) is 4.39 Å². The molecule has 0 spiro atoms. The molecule has 0 aliphatic carbocycles. The van der Waals surface area contributed by atoms with Crippen molar-refractivity contribution in [1.82, 2.24) is 19.8 Å². The van der Waals surface area contributed by atoms with Crippen molar-refractivity contribution in [2.24, 2.45) is 0 Å². The Bertz CT molecular complexity index is 1190. The van der Waals surface area contributed by atoms with Crippen molar-refractivity contribution in [2.75, 3.05) is 64.9 Å². The number of ether oxygens (including phenoxy) is 3. The molecule has 36 heavy (non-hydrogen) atoms. The van der Waals surface area contributed by atoms with Crippen molar-refractivity contribution >= 4 is 34.0 Å². The van der Waals surface area contributed by atoms with Crippen molar-refractivity contribution in [3.8, 4) is 11.5 Å². The first-order chi connectivity index (χ1) is 17.5. The monoisotopic (exact) mass is 515 g/mol. The largest absolute Gasteiger partial charge is 0.493 e. The highest BCUT2D eigenvalue weighted by atomic mass is 35.5. The predicted octanol–water partition coefficient (Wildman–Crippen LogP) is 4.35. The highest BCUT2D eigenvalue weighted by Gasteiger charge is 2.21. The lowest BCUT2D eigenvalue weighted by molar-refractivity contribution is 0.141. The second-order valence-electron chi connectivity index (χ2n) is 9.24. The molecule has 10 heteroatoms. The van der Waals surface area contributed by atoms with Gasteiger partial charge in [0.05, 0.1) is 35.7 Å². The van der Waals surface area contributed by atoms with Crippen molar-refractivity contribution in [1.29, 1.82) is 0 Å². The minimum atomic E-state index is -0.477. The molecule has 8 nitrogen and oxygen atoms in total. The van der Waals surface area contributed by atoms with E-state index in [1.807, 2.05) is 12.1 Å². The quantitative estimate of drug-likeness (QED) is 0.422. The molecule has 2 aliphatic rings. The second kappa shape index (κ2) is 11.6. The van der Waals surface area contributed by atoms with Gasteiger partial charge in [-0.1, -0.05) is 11.6 Å². The molecule has 3 heterocycles. The third kappa shape index (κ3) is 6.15. The standard InChI is InChI=1S/C26H31ClFN5O3/c1-32-7-9-33(10-8-32)6-2-11-35-20-14-23-25(24(15-20)36-19-5-12-34-16-19)26(30-17-29-23)31-18-3-4-22(28)21(27)13-18/h3-4,13-15,17,19H,2,5-12,16H2,1H3,(H,29,30,31). The third-order valence-corrected chi connectivity index (χ3v) is 6.81. The van der Waals surface area contributed by atoms with Crippen LogP contribution < -0.4 is 14.8 Å². The lowest BCUT2D eigenvalue weighted by atomic mass is 10.2. The van der Waals surface area contributed by atoms with Gasteiger partial charge in [-0.3, -0.25) is 0 Å². The van der Waals surface area contributed by atoms with E-state index in [-0.39, 0.29) is 11.1 Å². The maximum absolute atomic E-state index is 13.6. The first-order valence-corrected chi connectivity index (χ1v) is 12.7. The van der Waals surface area contributed by atoms with Crippen LogP contribution in [0.4, 0.5) is 15.9 Å². The van der Waals surface area contributed by atoms with Crippen LogP contribution >= 0.6 is 11.6 Å². The molecule has 5 rings (SSSR count). The van der Waals surface area contributed by atoms with Gasteiger partial charge in [-0.2, -0.15) is 0 Å². The number of fused-ring (bicyclic) bond motifs is 1. The van der Waals surface area contributed by atoms with Gasteiger partial charge in [0.1, 0.15) is 35.6 Å². The maximum Gasteiger partial charge on any atom is 0.145 e. The summed E-state index contributed by atoms with van der Waals surface area (Å²) in [6.07, 6.45) is 3.17. The Morgan fingerprint density at radius 2 is 2.03 bits per heavy atom. The average molecular weight is 516 g/mol. The summed E-state index contributed by atoms with van der Waals surface area (Å²) in [7, 11) is 2.16. The van der Waals surface area contributed by atoms with Crippen molar-refractivity contribution in [2.45, 2.75) is 18.9 Å². The molecule has 2 fully saturated rings. The van der Waals surface area contributed by atoms with Crippen LogP contribution in [0, 0.1) is 5.82 Å². The van der Waals surface area contributed by atoms with Gasteiger partial charge in [0.2, 0.25) is 0 Å². The molecule has 1 N–H and O–H groups in total. The fourth-order valence-electron chi connectivity index (χ4n) is 4.45. The van der Waals surface area contributed by atoms with E-state index in [1.165, 1.54) is 18.5 Å². The fraction of sp³-hybridized carbons (Fsp3) is 0.462. The van der Waals surface area contributed by atoms with Crippen LogP contribution in [0.1, 0.15) is 12.8 Å². The molecule has 1 aromatic heterocycles. The van der Waals surface area contributed by atoms with E-state index >= 15 is 0 Å². The van der Waals surface area contributed by atoms with Gasteiger partial charge in [0, 0.05) is 57.0 Å². The average Bonchev–Trinajstić information content (AvgIpc) is 3.38. The zero-order valence-corrected chi connectivity index (χ0v) is 21.1. The smallest absolute Gasteiger partial charge is 0.145 e. The highest BCUT2D eigenvalue weighted by Crippen LogP contribution is 2.37. The Balaban J connectivity index is 1.35.